The van der Waals surface area contributed by atoms with Crippen LogP contribution in [0.15, 0.2) is 88.8 Å². The van der Waals surface area contributed by atoms with E-state index in [4.69, 9.17) is 4.98 Å². The van der Waals surface area contributed by atoms with Gasteiger partial charge in [-0.2, -0.15) is 0 Å². The second kappa shape index (κ2) is 9.74. The molecule has 3 nitrogen and oxygen atoms in total. The van der Waals surface area contributed by atoms with Gasteiger partial charge in [-0.05, 0) is 61.4 Å². The van der Waals surface area contributed by atoms with E-state index in [9.17, 15) is 4.79 Å². The van der Waals surface area contributed by atoms with E-state index in [2.05, 4.69) is 73.7 Å². The summed E-state index contributed by atoms with van der Waals surface area (Å²) in [5.41, 5.74) is 7.75. The molecule has 3 aromatic carbocycles. The molecule has 1 fully saturated rings. The standard InChI is InChI=1S/C32H32N2OS/c1-23-11-10-15-26(21-23)34-30(35)28-29(33-31(34)36-20-17-24-12-4-2-5-13-24)27-16-7-6-14-25(27)22-32(28)18-8-3-9-19-32/h2,4-7,10-16,21H,3,8-9,17-20,22H2,1H3. The Morgan fingerprint density at radius 2 is 1.69 bits per heavy atom. The van der Waals surface area contributed by atoms with Gasteiger partial charge in [0.05, 0.1) is 16.9 Å². The first-order chi connectivity index (χ1) is 17.6. The Morgan fingerprint density at radius 3 is 2.50 bits per heavy atom. The van der Waals surface area contributed by atoms with Crippen LogP contribution in [0.3, 0.4) is 0 Å². The number of hydrogen-bond acceptors (Lipinski definition) is 3. The van der Waals surface area contributed by atoms with E-state index in [-0.39, 0.29) is 11.0 Å². The fourth-order valence-corrected chi connectivity index (χ4v) is 7.18. The van der Waals surface area contributed by atoms with E-state index in [1.54, 1.807) is 11.8 Å². The number of nitrogens with zero attached hydrogens (tertiary/aromatic N) is 2. The lowest BCUT2D eigenvalue weighted by molar-refractivity contribution is 0.283. The number of aromatic nitrogens is 2. The van der Waals surface area contributed by atoms with Crippen molar-refractivity contribution in [3.05, 3.63) is 111 Å². The minimum atomic E-state index is -0.106. The average Bonchev–Trinajstić information content (AvgIpc) is 2.90. The molecule has 0 amide bonds. The van der Waals surface area contributed by atoms with Crippen LogP contribution in [-0.4, -0.2) is 15.3 Å². The Morgan fingerprint density at radius 1 is 0.917 bits per heavy atom. The molecular formula is C32H32N2OS. The molecule has 0 N–H and O–H groups in total. The number of rotatable bonds is 5. The van der Waals surface area contributed by atoms with Crippen LogP contribution in [0, 0.1) is 6.92 Å². The fourth-order valence-electron chi connectivity index (χ4n) is 6.18. The van der Waals surface area contributed by atoms with Gasteiger partial charge in [-0.15, -0.1) is 0 Å². The molecule has 1 spiro atoms. The molecule has 182 valence electrons. The summed E-state index contributed by atoms with van der Waals surface area (Å²) < 4.78 is 1.91. The molecule has 1 saturated carbocycles. The summed E-state index contributed by atoms with van der Waals surface area (Å²) in [6.45, 7) is 2.08. The molecule has 6 rings (SSSR count). The van der Waals surface area contributed by atoms with Crippen LogP contribution in [0.2, 0.25) is 0 Å². The number of fused-ring (bicyclic) bond motifs is 4. The summed E-state index contributed by atoms with van der Waals surface area (Å²) in [6.07, 6.45) is 7.64. The molecule has 2 aliphatic rings. The van der Waals surface area contributed by atoms with Crippen LogP contribution in [0.4, 0.5) is 0 Å². The van der Waals surface area contributed by atoms with Crippen LogP contribution in [-0.2, 0) is 18.3 Å². The lowest BCUT2D eigenvalue weighted by atomic mass is 9.62. The van der Waals surface area contributed by atoms with Crippen LogP contribution in [0.5, 0.6) is 0 Å². The highest BCUT2D eigenvalue weighted by atomic mass is 32.2. The second-order valence-electron chi connectivity index (χ2n) is 10.4. The first-order valence-corrected chi connectivity index (χ1v) is 14.1. The Kier molecular flexibility index (Phi) is 6.30. The van der Waals surface area contributed by atoms with Crippen molar-refractivity contribution in [3.8, 4) is 16.9 Å². The van der Waals surface area contributed by atoms with Gasteiger partial charge in [-0.3, -0.25) is 9.36 Å². The van der Waals surface area contributed by atoms with Crippen molar-refractivity contribution in [2.75, 3.05) is 5.75 Å². The maximum absolute atomic E-state index is 14.6. The quantitative estimate of drug-likeness (QED) is 0.217. The first kappa shape index (κ1) is 23.3. The van der Waals surface area contributed by atoms with Gasteiger partial charge in [0.2, 0.25) is 0 Å². The number of aryl methyl sites for hydroxylation is 2. The van der Waals surface area contributed by atoms with Gasteiger partial charge >= 0.3 is 0 Å². The van der Waals surface area contributed by atoms with Crippen molar-refractivity contribution in [1.82, 2.24) is 9.55 Å². The van der Waals surface area contributed by atoms with Gasteiger partial charge in [0, 0.05) is 16.7 Å². The van der Waals surface area contributed by atoms with E-state index in [1.165, 1.54) is 30.4 Å². The highest BCUT2D eigenvalue weighted by Gasteiger charge is 2.43. The molecule has 4 heteroatoms. The zero-order chi connectivity index (χ0) is 24.5. The van der Waals surface area contributed by atoms with Crippen molar-refractivity contribution >= 4 is 11.8 Å². The summed E-state index contributed by atoms with van der Waals surface area (Å²) in [5.74, 6) is 0.869. The van der Waals surface area contributed by atoms with Crippen LogP contribution >= 0.6 is 11.8 Å². The Balaban J connectivity index is 1.53. The van der Waals surface area contributed by atoms with Crippen molar-refractivity contribution in [2.24, 2.45) is 0 Å². The van der Waals surface area contributed by atoms with Crippen molar-refractivity contribution < 1.29 is 0 Å². The van der Waals surface area contributed by atoms with Gasteiger partial charge < -0.3 is 0 Å². The largest absolute Gasteiger partial charge is 0.268 e. The number of benzene rings is 3. The molecule has 1 aromatic heterocycles. The summed E-state index contributed by atoms with van der Waals surface area (Å²) in [6, 6.07) is 27.4. The molecule has 4 aromatic rings. The van der Waals surface area contributed by atoms with Crippen LogP contribution < -0.4 is 5.56 Å². The predicted molar refractivity (Wildman–Crippen MR) is 149 cm³/mol. The summed E-state index contributed by atoms with van der Waals surface area (Å²) in [5, 5.41) is 0.794. The van der Waals surface area contributed by atoms with Gasteiger partial charge in [0.15, 0.2) is 5.16 Å². The molecule has 36 heavy (non-hydrogen) atoms. The van der Waals surface area contributed by atoms with E-state index in [0.29, 0.717) is 0 Å². The highest BCUT2D eigenvalue weighted by Crippen LogP contribution is 2.49. The van der Waals surface area contributed by atoms with Gasteiger partial charge in [-0.1, -0.05) is 97.8 Å². The normalized spacial score (nSPS) is 15.9. The second-order valence-corrected chi connectivity index (χ2v) is 11.4. The Hall–Kier alpha value is -3.11. The number of hydrogen-bond donors (Lipinski definition) is 0. The minimum Gasteiger partial charge on any atom is -0.268 e. The SMILES string of the molecule is Cc1cccc(-n2c(SCCc3ccccc3)nc3c(c2=O)C2(CCCCC2)Cc2ccccc2-3)c1. The molecule has 0 bridgehead atoms. The van der Waals surface area contributed by atoms with Gasteiger partial charge in [-0.25, -0.2) is 4.98 Å². The first-order valence-electron chi connectivity index (χ1n) is 13.1. The maximum atomic E-state index is 14.6. The minimum absolute atomic E-state index is 0.106. The summed E-state index contributed by atoms with van der Waals surface area (Å²) in [7, 11) is 0. The van der Waals surface area contributed by atoms with Gasteiger partial charge in [0.1, 0.15) is 0 Å². The summed E-state index contributed by atoms with van der Waals surface area (Å²) >= 11 is 1.69. The fraction of sp³-hybridized carbons (Fsp3) is 0.312. The van der Waals surface area contributed by atoms with Crippen LogP contribution in [0.1, 0.15) is 54.4 Å². The molecule has 2 aliphatic carbocycles. The molecule has 0 atom stereocenters. The van der Waals surface area contributed by atoms with Crippen molar-refractivity contribution in [3.63, 3.8) is 0 Å². The molecule has 0 radical (unpaired) electrons. The topological polar surface area (TPSA) is 34.9 Å². The molecule has 1 heterocycles. The Labute approximate surface area is 217 Å². The van der Waals surface area contributed by atoms with E-state index in [1.807, 2.05) is 16.7 Å². The maximum Gasteiger partial charge on any atom is 0.263 e. The predicted octanol–water partition coefficient (Wildman–Crippen LogP) is 7.30. The van der Waals surface area contributed by atoms with E-state index < -0.39 is 0 Å². The average molecular weight is 493 g/mol. The lowest BCUT2D eigenvalue weighted by Gasteiger charge is -2.42. The highest BCUT2D eigenvalue weighted by molar-refractivity contribution is 7.99. The van der Waals surface area contributed by atoms with Crippen LogP contribution in [0.25, 0.3) is 16.9 Å². The van der Waals surface area contributed by atoms with E-state index in [0.717, 1.165) is 64.7 Å². The molecule has 0 saturated heterocycles. The molecular weight excluding hydrogens is 460 g/mol. The lowest BCUT2D eigenvalue weighted by Crippen LogP contribution is -2.42. The van der Waals surface area contributed by atoms with Crippen molar-refractivity contribution in [2.45, 2.75) is 62.4 Å². The monoisotopic (exact) mass is 492 g/mol. The van der Waals surface area contributed by atoms with Crippen molar-refractivity contribution in [1.29, 1.82) is 0 Å². The smallest absolute Gasteiger partial charge is 0.263 e. The van der Waals surface area contributed by atoms with Gasteiger partial charge in [0.25, 0.3) is 5.56 Å². The third-order valence-electron chi connectivity index (χ3n) is 7.92. The molecule has 0 aliphatic heterocycles. The third-order valence-corrected chi connectivity index (χ3v) is 8.86. The Bertz CT molecular complexity index is 1450. The third kappa shape index (κ3) is 4.22. The molecule has 0 unspecified atom stereocenters. The zero-order valence-electron chi connectivity index (χ0n) is 20.9. The zero-order valence-corrected chi connectivity index (χ0v) is 21.7. The summed E-state index contributed by atoms with van der Waals surface area (Å²) in [4.78, 5) is 19.9. The number of thioether (sulfide) groups is 1. The van der Waals surface area contributed by atoms with E-state index >= 15 is 0 Å².